The molecular weight excluding hydrogens is 264 g/mol. The zero-order chi connectivity index (χ0) is 15.1. The van der Waals surface area contributed by atoms with Gasteiger partial charge in [-0.15, -0.1) is 0 Å². The van der Waals surface area contributed by atoms with Crippen molar-refractivity contribution in [2.45, 2.75) is 19.9 Å². The van der Waals surface area contributed by atoms with Crippen molar-refractivity contribution >= 4 is 17.4 Å². The molecule has 0 aromatic carbocycles. The highest BCUT2D eigenvalue weighted by Gasteiger charge is 2.19. The summed E-state index contributed by atoms with van der Waals surface area (Å²) in [4.78, 5) is 26.2. The standard InChI is InChI=1S/C12H18N4O4/c1-4-13-11-10(5-9(6-14-11)16(18)19)12(17)15-8(2)7-20-3/h5-6,8H,4,7H2,1-3H3,(H,13,14)(H,15,17). The van der Waals surface area contributed by atoms with Gasteiger partial charge in [-0.25, -0.2) is 4.98 Å². The van der Waals surface area contributed by atoms with Crippen LogP contribution in [0, 0.1) is 10.1 Å². The van der Waals surface area contributed by atoms with E-state index in [-0.39, 0.29) is 17.3 Å². The molecule has 2 N–H and O–H groups in total. The molecule has 8 nitrogen and oxygen atoms in total. The smallest absolute Gasteiger partial charge is 0.288 e. The molecule has 0 radical (unpaired) electrons. The van der Waals surface area contributed by atoms with Crippen molar-refractivity contribution in [1.29, 1.82) is 0 Å². The summed E-state index contributed by atoms with van der Waals surface area (Å²) in [5, 5.41) is 16.4. The number of aromatic nitrogens is 1. The average molecular weight is 282 g/mol. The van der Waals surface area contributed by atoms with E-state index in [1.165, 1.54) is 13.2 Å². The van der Waals surface area contributed by atoms with Crippen molar-refractivity contribution in [2.75, 3.05) is 25.6 Å². The number of ether oxygens (including phenoxy) is 1. The molecule has 0 saturated carbocycles. The molecule has 0 spiro atoms. The van der Waals surface area contributed by atoms with E-state index >= 15 is 0 Å². The summed E-state index contributed by atoms with van der Waals surface area (Å²) in [7, 11) is 1.53. The molecule has 0 saturated heterocycles. The first kappa shape index (κ1) is 15.8. The fraction of sp³-hybridized carbons (Fsp3) is 0.500. The van der Waals surface area contributed by atoms with Gasteiger partial charge in [-0.05, 0) is 13.8 Å². The van der Waals surface area contributed by atoms with E-state index in [0.29, 0.717) is 19.0 Å². The van der Waals surface area contributed by atoms with Gasteiger partial charge in [0, 0.05) is 25.8 Å². The van der Waals surface area contributed by atoms with Crippen LogP contribution < -0.4 is 10.6 Å². The quantitative estimate of drug-likeness (QED) is 0.574. The van der Waals surface area contributed by atoms with Gasteiger partial charge in [0.05, 0.1) is 17.1 Å². The fourth-order valence-electron chi connectivity index (χ4n) is 1.63. The molecule has 1 aromatic rings. The van der Waals surface area contributed by atoms with Crippen LogP contribution in [0.15, 0.2) is 12.3 Å². The summed E-state index contributed by atoms with van der Waals surface area (Å²) < 4.78 is 4.93. The van der Waals surface area contributed by atoms with E-state index in [9.17, 15) is 14.9 Å². The molecule has 0 fully saturated rings. The van der Waals surface area contributed by atoms with Gasteiger partial charge in [0.25, 0.3) is 11.6 Å². The first-order valence-corrected chi connectivity index (χ1v) is 6.17. The van der Waals surface area contributed by atoms with Crippen LogP contribution in [0.25, 0.3) is 0 Å². The van der Waals surface area contributed by atoms with Gasteiger partial charge in [0.15, 0.2) is 0 Å². The highest BCUT2D eigenvalue weighted by molar-refractivity contribution is 5.99. The number of pyridine rings is 1. The van der Waals surface area contributed by atoms with Crippen molar-refractivity contribution in [3.05, 3.63) is 27.9 Å². The molecule has 0 aliphatic carbocycles. The summed E-state index contributed by atoms with van der Waals surface area (Å²) in [6.45, 7) is 4.53. The third-order valence-corrected chi connectivity index (χ3v) is 2.47. The number of hydrogen-bond donors (Lipinski definition) is 2. The number of rotatable bonds is 7. The topological polar surface area (TPSA) is 106 Å². The van der Waals surface area contributed by atoms with Crippen LogP contribution in [0.3, 0.4) is 0 Å². The van der Waals surface area contributed by atoms with Gasteiger partial charge in [-0.3, -0.25) is 14.9 Å². The van der Waals surface area contributed by atoms with Crippen molar-refractivity contribution in [3.8, 4) is 0 Å². The maximum absolute atomic E-state index is 12.1. The maximum atomic E-state index is 12.1. The normalized spacial score (nSPS) is 11.8. The minimum Gasteiger partial charge on any atom is -0.383 e. The second-order valence-electron chi connectivity index (χ2n) is 4.21. The lowest BCUT2D eigenvalue weighted by Gasteiger charge is -2.14. The molecule has 1 unspecified atom stereocenters. The van der Waals surface area contributed by atoms with Gasteiger partial charge < -0.3 is 15.4 Å². The molecule has 110 valence electrons. The van der Waals surface area contributed by atoms with Crippen LogP contribution in [0.5, 0.6) is 0 Å². The average Bonchev–Trinajstić information content (AvgIpc) is 2.39. The number of carbonyl (C=O) groups excluding carboxylic acids is 1. The van der Waals surface area contributed by atoms with Crippen LogP contribution >= 0.6 is 0 Å². The number of hydrogen-bond acceptors (Lipinski definition) is 6. The third kappa shape index (κ3) is 4.16. The van der Waals surface area contributed by atoms with E-state index in [0.717, 1.165) is 6.20 Å². The minimum absolute atomic E-state index is 0.143. The van der Waals surface area contributed by atoms with E-state index in [1.54, 1.807) is 6.92 Å². The number of amides is 1. The first-order chi connectivity index (χ1) is 9.49. The highest BCUT2D eigenvalue weighted by Crippen LogP contribution is 2.19. The first-order valence-electron chi connectivity index (χ1n) is 6.17. The SMILES string of the molecule is CCNc1ncc([N+](=O)[O-])cc1C(=O)NC(C)COC. The summed E-state index contributed by atoms with van der Waals surface area (Å²) in [5.74, 6) is -0.109. The van der Waals surface area contributed by atoms with E-state index in [4.69, 9.17) is 4.74 Å². The van der Waals surface area contributed by atoms with Crippen molar-refractivity contribution in [1.82, 2.24) is 10.3 Å². The molecule has 20 heavy (non-hydrogen) atoms. The maximum Gasteiger partial charge on any atom is 0.288 e. The Morgan fingerprint density at radius 1 is 1.60 bits per heavy atom. The van der Waals surface area contributed by atoms with Gasteiger partial charge in [0.2, 0.25) is 0 Å². The number of nitrogens with one attached hydrogen (secondary N) is 2. The van der Waals surface area contributed by atoms with Gasteiger partial charge >= 0.3 is 0 Å². The van der Waals surface area contributed by atoms with Gasteiger partial charge in [0.1, 0.15) is 12.0 Å². The van der Waals surface area contributed by atoms with Gasteiger partial charge in [-0.2, -0.15) is 0 Å². The number of nitro groups is 1. The van der Waals surface area contributed by atoms with E-state index in [2.05, 4.69) is 15.6 Å². The van der Waals surface area contributed by atoms with Crippen LogP contribution in [-0.2, 0) is 4.74 Å². The Bertz CT molecular complexity index is 492. The predicted octanol–water partition coefficient (Wildman–Crippen LogP) is 1.19. The molecule has 0 aliphatic rings. The van der Waals surface area contributed by atoms with E-state index in [1.807, 2.05) is 6.92 Å². The summed E-state index contributed by atoms with van der Waals surface area (Å²) in [5.41, 5.74) is -0.0831. The van der Waals surface area contributed by atoms with Crippen LogP contribution in [0.2, 0.25) is 0 Å². The molecule has 1 amide bonds. The Morgan fingerprint density at radius 2 is 2.30 bits per heavy atom. The second-order valence-corrected chi connectivity index (χ2v) is 4.21. The fourth-order valence-corrected chi connectivity index (χ4v) is 1.63. The molecule has 8 heteroatoms. The van der Waals surface area contributed by atoms with Crippen molar-refractivity contribution < 1.29 is 14.5 Å². The third-order valence-electron chi connectivity index (χ3n) is 2.47. The van der Waals surface area contributed by atoms with Crippen LogP contribution in [0.1, 0.15) is 24.2 Å². The molecule has 0 aliphatic heterocycles. The largest absolute Gasteiger partial charge is 0.383 e. The molecular formula is C12H18N4O4. The Balaban J connectivity index is 3.02. The predicted molar refractivity (Wildman–Crippen MR) is 73.9 cm³/mol. The lowest BCUT2D eigenvalue weighted by atomic mass is 10.2. The number of carbonyl (C=O) groups is 1. The Hall–Kier alpha value is -2.22. The van der Waals surface area contributed by atoms with E-state index < -0.39 is 10.8 Å². The number of methoxy groups -OCH3 is 1. The minimum atomic E-state index is -0.585. The number of nitrogens with zero attached hydrogens (tertiary/aromatic N) is 2. The Labute approximate surface area is 116 Å². The lowest BCUT2D eigenvalue weighted by molar-refractivity contribution is -0.385. The number of anilines is 1. The summed E-state index contributed by atoms with van der Waals surface area (Å²) >= 11 is 0. The lowest BCUT2D eigenvalue weighted by Crippen LogP contribution is -2.36. The molecule has 0 bridgehead atoms. The van der Waals surface area contributed by atoms with Crippen molar-refractivity contribution in [3.63, 3.8) is 0 Å². The monoisotopic (exact) mass is 282 g/mol. The zero-order valence-corrected chi connectivity index (χ0v) is 11.7. The Kier molecular flexibility index (Phi) is 5.85. The molecule has 1 heterocycles. The summed E-state index contributed by atoms with van der Waals surface area (Å²) in [6.07, 6.45) is 1.12. The zero-order valence-electron chi connectivity index (χ0n) is 11.7. The van der Waals surface area contributed by atoms with Crippen LogP contribution in [0.4, 0.5) is 11.5 Å². The molecule has 1 rings (SSSR count). The molecule has 1 aromatic heterocycles. The second kappa shape index (κ2) is 7.39. The highest BCUT2D eigenvalue weighted by atomic mass is 16.6. The summed E-state index contributed by atoms with van der Waals surface area (Å²) in [6, 6.07) is 1.00. The Morgan fingerprint density at radius 3 is 2.85 bits per heavy atom. The van der Waals surface area contributed by atoms with Crippen molar-refractivity contribution in [2.24, 2.45) is 0 Å². The molecule has 1 atom stereocenters. The van der Waals surface area contributed by atoms with Crippen LogP contribution in [-0.4, -0.2) is 42.1 Å². The van der Waals surface area contributed by atoms with Gasteiger partial charge in [-0.1, -0.05) is 0 Å².